The molecule has 47 heavy (non-hydrogen) atoms. The van der Waals surface area contributed by atoms with Crippen molar-refractivity contribution in [3.8, 4) is 0 Å². The van der Waals surface area contributed by atoms with Crippen LogP contribution in [0.15, 0.2) is 84.9 Å². The molecule has 0 spiro atoms. The number of likely N-dealkylation sites (N-methyl/N-ethyl adjacent to an activating group) is 2. The summed E-state index contributed by atoms with van der Waals surface area (Å²) in [6.45, 7) is 6.85. The molecule has 5 rings (SSSR count). The number of nitrogens with zero attached hydrogens (tertiary/aromatic N) is 4. The van der Waals surface area contributed by atoms with Crippen LogP contribution in [0.2, 0.25) is 0 Å². The van der Waals surface area contributed by atoms with Gasteiger partial charge in [0.1, 0.15) is 13.1 Å². The van der Waals surface area contributed by atoms with Crippen LogP contribution in [0.5, 0.6) is 0 Å². The molecule has 13 heteroatoms. The van der Waals surface area contributed by atoms with Gasteiger partial charge >= 0.3 is 0 Å². The lowest BCUT2D eigenvalue weighted by molar-refractivity contribution is -0.117. The van der Waals surface area contributed by atoms with E-state index in [2.05, 4.69) is 34.9 Å². The van der Waals surface area contributed by atoms with Crippen molar-refractivity contribution in [1.29, 1.82) is 10.8 Å². The first-order chi connectivity index (χ1) is 21.3. The van der Waals surface area contributed by atoms with Crippen molar-refractivity contribution in [3.63, 3.8) is 0 Å². The molecule has 3 aromatic carbocycles. The molecule has 0 radical (unpaired) electrons. The van der Waals surface area contributed by atoms with Gasteiger partial charge in [-0.25, -0.2) is 0 Å². The second kappa shape index (κ2) is 18.5. The van der Waals surface area contributed by atoms with Gasteiger partial charge in [-0.1, -0.05) is 66.7 Å². The lowest BCUT2D eigenvalue weighted by atomic mass is 10.1. The van der Waals surface area contributed by atoms with Gasteiger partial charge in [-0.05, 0) is 56.0 Å². The molecule has 0 unspecified atom stereocenters. The molecule has 2 aliphatic rings. The molecule has 2 atom stereocenters. The summed E-state index contributed by atoms with van der Waals surface area (Å²) in [7, 11) is 0. The molecule has 2 aliphatic heterocycles. The fourth-order valence-corrected chi connectivity index (χ4v) is 6.23. The molecule has 2 fully saturated rings. The molecule has 10 nitrogen and oxygen atoms in total. The summed E-state index contributed by atoms with van der Waals surface area (Å²) in [6.07, 6.45) is 1.63. The Labute approximate surface area is 299 Å². The normalized spacial score (nSPS) is 17.1. The van der Waals surface area contributed by atoms with Crippen molar-refractivity contribution >= 4 is 75.6 Å². The number of hydrogen-bond donors (Lipinski definition) is 4. The van der Waals surface area contributed by atoms with Crippen LogP contribution in [-0.2, 0) is 22.4 Å². The topological polar surface area (TPSA) is 119 Å². The Hall–Kier alpha value is -3.81. The second-order valence-electron chi connectivity index (χ2n) is 11.3. The van der Waals surface area contributed by atoms with Crippen LogP contribution < -0.4 is 10.6 Å². The Bertz CT molecular complexity index is 1370. The second-order valence-corrected chi connectivity index (χ2v) is 11.3. The third-order valence-electron chi connectivity index (χ3n) is 8.30. The summed E-state index contributed by atoms with van der Waals surface area (Å²) in [5.74, 6) is 0.294. The molecular weight excluding hydrogens is 649 g/mol. The van der Waals surface area contributed by atoms with Gasteiger partial charge in [0.15, 0.2) is 11.9 Å². The van der Waals surface area contributed by atoms with E-state index in [-0.39, 0.29) is 77.5 Å². The summed E-state index contributed by atoms with van der Waals surface area (Å²) in [5.41, 5.74) is 3.57. The van der Waals surface area contributed by atoms with Crippen LogP contribution in [-0.4, -0.2) is 94.7 Å². The average molecular weight is 697 g/mol. The maximum atomic E-state index is 13.0. The fourth-order valence-electron chi connectivity index (χ4n) is 6.23. The number of amides is 2. The maximum absolute atomic E-state index is 13.0. The van der Waals surface area contributed by atoms with Crippen molar-refractivity contribution in [2.45, 2.75) is 38.8 Å². The monoisotopic (exact) mass is 696 g/mol. The van der Waals surface area contributed by atoms with Crippen molar-refractivity contribution in [1.82, 2.24) is 19.6 Å². The zero-order chi connectivity index (χ0) is 31.1. The summed E-state index contributed by atoms with van der Waals surface area (Å²) in [4.78, 5) is 33.7. The van der Waals surface area contributed by atoms with Gasteiger partial charge in [-0.3, -0.25) is 20.4 Å². The van der Waals surface area contributed by atoms with Crippen LogP contribution in [0, 0.1) is 10.8 Å². The largest absolute Gasteiger partial charge is 0.338 e. The van der Waals surface area contributed by atoms with E-state index >= 15 is 0 Å². The molecule has 0 aliphatic carbocycles. The highest BCUT2D eigenvalue weighted by molar-refractivity contribution is 7.59. The van der Waals surface area contributed by atoms with Crippen LogP contribution in [0.4, 0.5) is 11.4 Å². The first-order valence-electron chi connectivity index (χ1n) is 15.3. The van der Waals surface area contributed by atoms with Gasteiger partial charge in [-0.15, -0.1) is 0 Å². The number of carbonyl (C=O) groups excluding carboxylic acids is 2. The Morgan fingerprint density at radius 2 is 1.02 bits per heavy atom. The number of hydrogen-bond acceptors (Lipinski definition) is 4. The predicted octanol–water partition coefficient (Wildman–Crippen LogP) is 4.27. The van der Waals surface area contributed by atoms with Crippen LogP contribution in [0.3, 0.4) is 0 Å². The molecule has 2 heterocycles. The zero-order valence-corrected chi connectivity index (χ0v) is 30.0. The summed E-state index contributed by atoms with van der Waals surface area (Å²) < 4.78 is 0. The average Bonchev–Trinajstić information content (AvgIpc) is 3.47. The minimum Gasteiger partial charge on any atom is -0.338 e. The van der Waals surface area contributed by atoms with Gasteiger partial charge in [0.25, 0.3) is 0 Å². The van der Waals surface area contributed by atoms with Gasteiger partial charge in [0.2, 0.25) is 11.8 Å². The van der Waals surface area contributed by atoms with Gasteiger partial charge in [-0.2, -0.15) is 40.5 Å². The van der Waals surface area contributed by atoms with Crippen molar-refractivity contribution in [2.75, 3.05) is 49.9 Å². The maximum Gasteiger partial charge on any atom is 0.244 e. The van der Waals surface area contributed by atoms with Crippen LogP contribution in [0.25, 0.3) is 0 Å². The number of nitrogens with one attached hydrogen (secondary N) is 4. The molecule has 254 valence electrons. The first kappa shape index (κ1) is 39.4. The highest BCUT2D eigenvalue weighted by Crippen LogP contribution is 2.22. The highest BCUT2D eigenvalue weighted by atomic mass is 32.1. The lowest BCUT2D eigenvalue weighted by Gasteiger charge is -2.23. The third kappa shape index (κ3) is 10.1. The number of anilines is 2. The van der Waals surface area contributed by atoms with Crippen LogP contribution in [0.1, 0.15) is 25.0 Å². The molecule has 0 bridgehead atoms. The number of carbonyl (C=O) groups is 2. The van der Waals surface area contributed by atoms with E-state index in [1.165, 1.54) is 11.1 Å². The summed E-state index contributed by atoms with van der Waals surface area (Å²) in [6, 6.07) is 27.8. The van der Waals surface area contributed by atoms with E-state index in [1.54, 1.807) is 24.3 Å². The molecule has 2 amide bonds. The Morgan fingerprint density at radius 1 is 0.638 bits per heavy atom. The standard InChI is InChI=1S/C34H42N8O2.3H2S/c1-3-41-29(18-25-12-7-5-8-13-25)21-39(33(41)35)23-31(43)37-27-16-11-17-28(20-27)38-32(44)24-40-22-30(42(4-2)34(40)36)19-26-14-9-6-10-15-26;;;/h5-17,20,29-30,35-36H,3-4,18-19,21-24H2,1-2H3,(H,37,43)(H,38,44);3*1H2/t29-,30-;;;/m0.../s1. The first-order valence-corrected chi connectivity index (χ1v) is 15.3. The molecule has 3 aromatic rings. The van der Waals surface area contributed by atoms with Gasteiger partial charge in [0.05, 0.1) is 12.1 Å². The van der Waals surface area contributed by atoms with E-state index in [9.17, 15) is 9.59 Å². The van der Waals surface area contributed by atoms with Crippen molar-refractivity contribution < 1.29 is 9.59 Å². The minimum absolute atomic E-state index is 0. The van der Waals surface area contributed by atoms with E-state index < -0.39 is 0 Å². The van der Waals surface area contributed by atoms with E-state index in [0.717, 1.165) is 12.8 Å². The number of benzene rings is 3. The molecule has 4 N–H and O–H groups in total. The minimum atomic E-state index is -0.218. The summed E-state index contributed by atoms with van der Waals surface area (Å²) in [5, 5.41) is 23.1. The Kier molecular flexibility index (Phi) is 15.5. The van der Waals surface area contributed by atoms with E-state index in [0.29, 0.717) is 49.5 Å². The van der Waals surface area contributed by atoms with Crippen LogP contribution >= 0.6 is 40.5 Å². The Balaban J connectivity index is 0.00000256. The number of guanidine groups is 2. The number of rotatable bonds is 12. The van der Waals surface area contributed by atoms with Gasteiger partial charge in [0, 0.05) is 37.6 Å². The molecule has 0 aromatic heterocycles. The third-order valence-corrected chi connectivity index (χ3v) is 8.30. The predicted molar refractivity (Wildman–Crippen MR) is 206 cm³/mol. The summed E-state index contributed by atoms with van der Waals surface area (Å²) >= 11 is 0. The smallest absolute Gasteiger partial charge is 0.244 e. The molecule has 0 saturated carbocycles. The quantitative estimate of drug-likeness (QED) is 0.225. The van der Waals surface area contributed by atoms with Crippen molar-refractivity contribution in [2.24, 2.45) is 0 Å². The van der Waals surface area contributed by atoms with E-state index in [1.807, 2.05) is 69.8 Å². The fraction of sp³-hybridized carbons (Fsp3) is 0.353. The van der Waals surface area contributed by atoms with Gasteiger partial charge < -0.3 is 30.2 Å². The molecular formula is C34H48N8O2S3. The molecule has 2 saturated heterocycles. The lowest BCUT2D eigenvalue weighted by Crippen LogP contribution is -2.38. The van der Waals surface area contributed by atoms with Crippen molar-refractivity contribution in [3.05, 3.63) is 96.1 Å². The Morgan fingerprint density at radius 3 is 1.38 bits per heavy atom. The van der Waals surface area contributed by atoms with E-state index in [4.69, 9.17) is 10.8 Å². The SMILES string of the molecule is CCN1C(=N)N(CC(=O)Nc2cccc(NC(=O)CN3C[C@H](Cc4ccccc4)N(CC)C3=N)c2)C[C@@H]1Cc1ccccc1.S.S.S. The highest BCUT2D eigenvalue weighted by Gasteiger charge is 2.35. The zero-order valence-electron chi connectivity index (χ0n) is 27.0.